The van der Waals surface area contributed by atoms with E-state index >= 15 is 0 Å². The van der Waals surface area contributed by atoms with E-state index in [4.69, 9.17) is 19.7 Å². The van der Waals surface area contributed by atoms with Crippen molar-refractivity contribution in [2.75, 3.05) is 13.2 Å². The second kappa shape index (κ2) is 11.5. The predicted molar refractivity (Wildman–Crippen MR) is 148 cm³/mol. The standard InChI is InChI=1S/C31H27F4N5O4/c1-17-22-12-27(44-16-20-3-2-18(13-36)10-24(20)32)23(31(33,34)35)11-19(22)6-8-39(17)15-28-37-25-4-5-26(30(41)42)38-29(25)40(28)14-21-7-9-43-21/h2-5,10-12,17,21H,6-9,14-16H2,1H3,(H,41,42)/t17-,21-/m0/s1. The fraction of sp³-hybridized carbons (Fsp3) is 0.355. The van der Waals surface area contributed by atoms with E-state index in [1.165, 1.54) is 24.3 Å². The lowest BCUT2D eigenvalue weighted by atomic mass is 9.91. The molecule has 4 aromatic rings. The second-order valence-corrected chi connectivity index (χ2v) is 10.9. The lowest BCUT2D eigenvalue weighted by molar-refractivity contribution is -0.139. The summed E-state index contributed by atoms with van der Waals surface area (Å²) in [4.78, 5) is 22.7. The average Bonchev–Trinajstić information content (AvgIpc) is 3.30. The van der Waals surface area contributed by atoms with Gasteiger partial charge < -0.3 is 19.1 Å². The molecule has 228 valence electrons. The molecule has 13 heteroatoms. The third kappa shape index (κ3) is 5.70. The smallest absolute Gasteiger partial charge is 0.419 e. The van der Waals surface area contributed by atoms with Gasteiger partial charge in [0.05, 0.1) is 36.4 Å². The van der Waals surface area contributed by atoms with E-state index in [-0.39, 0.29) is 29.0 Å². The number of alkyl halides is 3. The van der Waals surface area contributed by atoms with Crippen LogP contribution in [0.15, 0.2) is 42.5 Å². The number of imidazole rings is 1. The maximum absolute atomic E-state index is 14.4. The molecule has 2 aromatic carbocycles. The van der Waals surface area contributed by atoms with Gasteiger partial charge in [0.25, 0.3) is 0 Å². The molecule has 0 radical (unpaired) electrons. The number of pyridine rings is 1. The maximum atomic E-state index is 14.4. The highest BCUT2D eigenvalue weighted by atomic mass is 19.4. The first-order valence-electron chi connectivity index (χ1n) is 14.0. The van der Waals surface area contributed by atoms with Gasteiger partial charge in [-0.15, -0.1) is 0 Å². The highest BCUT2D eigenvalue weighted by Crippen LogP contribution is 2.42. The van der Waals surface area contributed by atoms with E-state index in [9.17, 15) is 27.5 Å². The molecule has 1 N–H and O–H groups in total. The Morgan fingerprint density at radius 1 is 1.20 bits per heavy atom. The van der Waals surface area contributed by atoms with Gasteiger partial charge in [0.1, 0.15) is 29.5 Å². The number of nitrogens with zero attached hydrogens (tertiary/aromatic N) is 5. The molecule has 0 aliphatic carbocycles. The fourth-order valence-electron chi connectivity index (χ4n) is 5.64. The minimum absolute atomic E-state index is 0.0264. The molecule has 44 heavy (non-hydrogen) atoms. The van der Waals surface area contributed by atoms with E-state index in [1.807, 2.05) is 17.6 Å². The Morgan fingerprint density at radius 3 is 2.66 bits per heavy atom. The van der Waals surface area contributed by atoms with Crippen LogP contribution in [0.3, 0.4) is 0 Å². The van der Waals surface area contributed by atoms with Crippen molar-refractivity contribution >= 4 is 17.1 Å². The number of rotatable bonds is 8. The maximum Gasteiger partial charge on any atom is 0.419 e. The SMILES string of the molecule is C[C@H]1c2cc(OCc3ccc(C#N)cc3F)c(C(F)(F)F)cc2CCN1Cc1nc2ccc(C(=O)O)nc2n1C[C@@H]1CCO1. The van der Waals surface area contributed by atoms with Crippen LogP contribution in [0.5, 0.6) is 5.75 Å². The molecule has 9 nitrogen and oxygen atoms in total. The topological polar surface area (TPSA) is 114 Å². The molecule has 0 bridgehead atoms. The summed E-state index contributed by atoms with van der Waals surface area (Å²) in [6, 6.07) is 10.7. The highest BCUT2D eigenvalue weighted by molar-refractivity contribution is 5.88. The lowest BCUT2D eigenvalue weighted by Crippen LogP contribution is -2.36. The van der Waals surface area contributed by atoms with Crippen molar-refractivity contribution in [2.45, 2.75) is 57.8 Å². The molecule has 1 saturated heterocycles. The van der Waals surface area contributed by atoms with Crippen molar-refractivity contribution in [1.29, 1.82) is 5.26 Å². The number of aromatic nitrogens is 3. The summed E-state index contributed by atoms with van der Waals surface area (Å²) in [6.45, 7) is 3.31. The van der Waals surface area contributed by atoms with Gasteiger partial charge in [-0.25, -0.2) is 19.2 Å². The number of carboxylic acids is 1. The van der Waals surface area contributed by atoms with Gasteiger partial charge in [0.2, 0.25) is 0 Å². The van der Waals surface area contributed by atoms with Gasteiger partial charge in [0.15, 0.2) is 11.3 Å². The third-order valence-corrected chi connectivity index (χ3v) is 8.19. The van der Waals surface area contributed by atoms with Gasteiger partial charge in [-0.05, 0) is 67.3 Å². The van der Waals surface area contributed by atoms with Crippen molar-refractivity contribution in [3.63, 3.8) is 0 Å². The molecule has 0 amide bonds. The molecule has 2 aromatic heterocycles. The Balaban J connectivity index is 1.30. The van der Waals surface area contributed by atoms with Crippen molar-refractivity contribution in [3.05, 3.63) is 87.6 Å². The number of halogens is 4. The summed E-state index contributed by atoms with van der Waals surface area (Å²) in [6.07, 6.45) is -3.55. The predicted octanol–water partition coefficient (Wildman–Crippen LogP) is 5.65. The largest absolute Gasteiger partial charge is 0.488 e. The number of ether oxygens (including phenoxy) is 2. The number of benzene rings is 2. The van der Waals surface area contributed by atoms with Crippen LogP contribution in [0.25, 0.3) is 11.2 Å². The summed E-state index contributed by atoms with van der Waals surface area (Å²) in [7, 11) is 0. The van der Waals surface area contributed by atoms with Gasteiger partial charge in [-0.2, -0.15) is 18.4 Å². The molecular weight excluding hydrogens is 582 g/mol. The minimum Gasteiger partial charge on any atom is -0.488 e. The number of carboxylic acid groups (broad SMARTS) is 1. The molecular formula is C31H27F4N5O4. The fourth-order valence-corrected chi connectivity index (χ4v) is 5.64. The molecule has 0 spiro atoms. The molecule has 0 unspecified atom stereocenters. The summed E-state index contributed by atoms with van der Waals surface area (Å²) in [5.41, 5.74) is 1.24. The number of carbonyl (C=O) groups is 1. The molecule has 2 aliphatic heterocycles. The van der Waals surface area contributed by atoms with E-state index in [0.717, 1.165) is 18.6 Å². The first-order chi connectivity index (χ1) is 21.0. The van der Waals surface area contributed by atoms with Crippen LogP contribution < -0.4 is 4.74 Å². The first kappa shape index (κ1) is 29.5. The zero-order valence-corrected chi connectivity index (χ0v) is 23.6. The number of nitriles is 1. The van der Waals surface area contributed by atoms with E-state index < -0.39 is 35.9 Å². The summed E-state index contributed by atoms with van der Waals surface area (Å²) in [5, 5.41) is 18.4. The van der Waals surface area contributed by atoms with Crippen molar-refractivity contribution in [2.24, 2.45) is 0 Å². The van der Waals surface area contributed by atoms with Gasteiger partial charge in [-0.1, -0.05) is 6.07 Å². The van der Waals surface area contributed by atoms with Crippen LogP contribution in [0.1, 0.15) is 63.5 Å². The normalized spacial score (nSPS) is 18.5. The first-order valence-corrected chi connectivity index (χ1v) is 14.0. The van der Waals surface area contributed by atoms with Crippen LogP contribution in [0, 0.1) is 17.1 Å². The van der Waals surface area contributed by atoms with Crippen molar-refractivity contribution < 1.29 is 36.9 Å². The molecule has 4 heterocycles. The Morgan fingerprint density at radius 2 is 2.00 bits per heavy atom. The average molecular weight is 610 g/mol. The molecule has 2 atom stereocenters. The molecule has 0 saturated carbocycles. The second-order valence-electron chi connectivity index (χ2n) is 10.9. The summed E-state index contributed by atoms with van der Waals surface area (Å²) < 4.78 is 69.7. The quantitative estimate of drug-likeness (QED) is 0.255. The van der Waals surface area contributed by atoms with Gasteiger partial charge >= 0.3 is 12.1 Å². The number of aromatic carboxylic acids is 1. The zero-order chi connectivity index (χ0) is 31.2. The van der Waals surface area contributed by atoms with Crippen LogP contribution in [0.4, 0.5) is 17.6 Å². The third-order valence-electron chi connectivity index (χ3n) is 8.19. The van der Waals surface area contributed by atoms with E-state index in [2.05, 4.69) is 9.88 Å². The zero-order valence-electron chi connectivity index (χ0n) is 23.6. The van der Waals surface area contributed by atoms with Crippen LogP contribution in [0.2, 0.25) is 0 Å². The van der Waals surface area contributed by atoms with Crippen LogP contribution in [-0.4, -0.2) is 49.8 Å². The van der Waals surface area contributed by atoms with Crippen molar-refractivity contribution in [1.82, 2.24) is 19.4 Å². The number of hydrogen-bond donors (Lipinski definition) is 1. The Bertz CT molecular complexity index is 1790. The lowest BCUT2D eigenvalue weighted by Gasteiger charge is -2.36. The highest BCUT2D eigenvalue weighted by Gasteiger charge is 2.37. The van der Waals surface area contributed by atoms with Crippen molar-refractivity contribution in [3.8, 4) is 11.8 Å². The van der Waals surface area contributed by atoms with E-state index in [1.54, 1.807) is 6.07 Å². The van der Waals surface area contributed by atoms with E-state index in [0.29, 0.717) is 60.8 Å². The van der Waals surface area contributed by atoms with Gasteiger partial charge in [0, 0.05) is 24.8 Å². The molecule has 2 aliphatic rings. The molecule has 6 rings (SSSR count). The van der Waals surface area contributed by atoms with Crippen LogP contribution in [-0.2, 0) is 37.0 Å². The van der Waals surface area contributed by atoms with Gasteiger partial charge in [-0.3, -0.25) is 4.90 Å². The Labute approximate surface area is 249 Å². The Kier molecular flexibility index (Phi) is 7.73. The number of hydrogen-bond acceptors (Lipinski definition) is 7. The summed E-state index contributed by atoms with van der Waals surface area (Å²) in [5.74, 6) is -1.66. The monoisotopic (exact) mass is 609 g/mol. The minimum atomic E-state index is -4.69. The number of fused-ring (bicyclic) bond motifs is 2. The Hall–Kier alpha value is -4.54. The van der Waals surface area contributed by atoms with Crippen LogP contribution >= 0.6 is 0 Å². The summed E-state index contributed by atoms with van der Waals surface area (Å²) >= 11 is 0. The molecule has 1 fully saturated rings.